The van der Waals surface area contributed by atoms with Crippen molar-refractivity contribution in [1.29, 1.82) is 0 Å². The fourth-order valence-electron chi connectivity index (χ4n) is 2.54. The molecule has 0 aliphatic heterocycles. The molecule has 0 aromatic heterocycles. The molecule has 0 spiro atoms. The normalized spacial score (nSPS) is 19.1. The van der Waals surface area contributed by atoms with Crippen LogP contribution in [-0.2, 0) is 20.1 Å². The molecule has 2 aliphatic rings. The van der Waals surface area contributed by atoms with E-state index in [1.165, 1.54) is 36.8 Å². The fourth-order valence-corrected chi connectivity index (χ4v) is 2.54. The molecule has 21 heavy (non-hydrogen) atoms. The van der Waals surface area contributed by atoms with Crippen LogP contribution >= 0.6 is 0 Å². The SMILES string of the molecule is C1=CCCC=CCC1.CN(C)C1C=Cc2ccccc21.[Ir]. The molecule has 0 saturated carbocycles. The quantitative estimate of drug-likeness (QED) is 0.535. The number of benzene rings is 1. The Balaban J connectivity index is 0.000000216. The Hall–Kier alpha value is -0.951. The van der Waals surface area contributed by atoms with E-state index in [1.54, 1.807) is 0 Å². The number of likely N-dealkylation sites (N-methyl/N-ethyl adjacent to an activating group) is 1. The Bertz CT molecular complexity index is 474. The van der Waals surface area contributed by atoms with Crippen LogP contribution in [0.4, 0.5) is 0 Å². The first kappa shape index (κ1) is 18.1. The fraction of sp³-hybridized carbons (Fsp3) is 0.368. The van der Waals surface area contributed by atoms with Crippen molar-refractivity contribution in [3.05, 3.63) is 65.8 Å². The molecule has 0 heterocycles. The van der Waals surface area contributed by atoms with Crippen LogP contribution in [0.15, 0.2) is 54.6 Å². The average molecular weight is 460 g/mol. The summed E-state index contributed by atoms with van der Waals surface area (Å²) in [6.07, 6.45) is 18.4. The summed E-state index contributed by atoms with van der Waals surface area (Å²) in [5, 5.41) is 0. The number of hydrogen-bond acceptors (Lipinski definition) is 1. The minimum atomic E-state index is 0. The maximum Gasteiger partial charge on any atom is 0.0535 e. The Morgan fingerprint density at radius 2 is 1.38 bits per heavy atom. The molecular formula is C19H25IrN. The summed E-state index contributed by atoms with van der Waals surface area (Å²) in [5.74, 6) is 0. The molecule has 1 aromatic rings. The standard InChI is InChI=1S/C11H13N.C8H12.Ir/c1-12(2)11-8-7-9-5-3-4-6-10(9)11;1-2-4-6-8-7-5-3-1;/h3-8,11H,1-2H3;1-2,7-8H,3-6H2;. The van der Waals surface area contributed by atoms with Crippen LogP contribution < -0.4 is 0 Å². The van der Waals surface area contributed by atoms with Crippen molar-refractivity contribution < 1.29 is 20.1 Å². The van der Waals surface area contributed by atoms with E-state index >= 15 is 0 Å². The molecular weight excluding hydrogens is 434 g/mol. The van der Waals surface area contributed by atoms with Gasteiger partial charge in [0, 0.05) is 20.1 Å². The minimum absolute atomic E-state index is 0. The number of allylic oxidation sites excluding steroid dienone is 4. The average Bonchev–Trinajstić information content (AvgIpc) is 2.82. The molecule has 0 saturated heterocycles. The first-order chi connectivity index (χ1) is 9.79. The van der Waals surface area contributed by atoms with Gasteiger partial charge in [-0.1, -0.05) is 60.7 Å². The molecule has 0 bridgehead atoms. The monoisotopic (exact) mass is 460 g/mol. The summed E-state index contributed by atoms with van der Waals surface area (Å²) in [5.41, 5.74) is 2.78. The van der Waals surface area contributed by atoms with Crippen molar-refractivity contribution >= 4 is 6.08 Å². The van der Waals surface area contributed by atoms with Crippen molar-refractivity contribution in [2.45, 2.75) is 31.7 Å². The van der Waals surface area contributed by atoms with Crippen LogP contribution in [0.3, 0.4) is 0 Å². The molecule has 1 atom stereocenters. The number of fused-ring (bicyclic) bond motifs is 1. The van der Waals surface area contributed by atoms with Crippen molar-refractivity contribution in [3.63, 3.8) is 0 Å². The van der Waals surface area contributed by atoms with E-state index in [4.69, 9.17) is 0 Å². The van der Waals surface area contributed by atoms with Gasteiger partial charge in [-0.25, -0.2) is 0 Å². The third-order valence-electron chi connectivity index (χ3n) is 3.66. The number of rotatable bonds is 1. The minimum Gasteiger partial charge on any atom is -0.299 e. The summed E-state index contributed by atoms with van der Waals surface area (Å²) in [6, 6.07) is 9.01. The maximum atomic E-state index is 2.27. The van der Waals surface area contributed by atoms with Crippen LogP contribution in [0.25, 0.3) is 6.08 Å². The van der Waals surface area contributed by atoms with E-state index in [9.17, 15) is 0 Å². The molecule has 0 N–H and O–H groups in total. The Morgan fingerprint density at radius 1 is 0.857 bits per heavy atom. The van der Waals surface area contributed by atoms with Gasteiger partial charge >= 0.3 is 0 Å². The summed E-state index contributed by atoms with van der Waals surface area (Å²) in [7, 11) is 4.22. The maximum absolute atomic E-state index is 2.27. The van der Waals surface area contributed by atoms with Gasteiger partial charge in [-0.3, -0.25) is 4.90 Å². The van der Waals surface area contributed by atoms with E-state index in [-0.39, 0.29) is 20.1 Å². The third-order valence-corrected chi connectivity index (χ3v) is 3.66. The van der Waals surface area contributed by atoms with E-state index in [0.717, 1.165) is 0 Å². The molecule has 1 radical (unpaired) electrons. The number of nitrogens with zero attached hydrogens (tertiary/aromatic N) is 1. The molecule has 2 aliphatic carbocycles. The predicted molar refractivity (Wildman–Crippen MR) is 88.7 cm³/mol. The van der Waals surface area contributed by atoms with Crippen LogP contribution in [-0.4, -0.2) is 19.0 Å². The predicted octanol–water partition coefficient (Wildman–Crippen LogP) is 4.99. The van der Waals surface area contributed by atoms with Gasteiger partial charge in [-0.2, -0.15) is 0 Å². The summed E-state index contributed by atoms with van der Waals surface area (Å²) in [6.45, 7) is 0. The van der Waals surface area contributed by atoms with Crippen molar-refractivity contribution in [2.24, 2.45) is 0 Å². The van der Waals surface area contributed by atoms with Crippen molar-refractivity contribution in [3.8, 4) is 0 Å². The zero-order chi connectivity index (χ0) is 14.2. The van der Waals surface area contributed by atoms with Gasteiger partial charge < -0.3 is 0 Å². The van der Waals surface area contributed by atoms with Gasteiger partial charge in [0.15, 0.2) is 0 Å². The second-order valence-corrected chi connectivity index (χ2v) is 5.49. The molecule has 2 heteroatoms. The molecule has 1 nitrogen and oxygen atoms in total. The molecule has 0 amide bonds. The van der Waals surface area contributed by atoms with Gasteiger partial charge in [0.1, 0.15) is 0 Å². The van der Waals surface area contributed by atoms with Gasteiger partial charge in [-0.15, -0.1) is 0 Å². The van der Waals surface area contributed by atoms with Crippen molar-refractivity contribution in [2.75, 3.05) is 14.1 Å². The summed E-state index contributed by atoms with van der Waals surface area (Å²) in [4.78, 5) is 2.22. The van der Waals surface area contributed by atoms with E-state index < -0.39 is 0 Å². The van der Waals surface area contributed by atoms with Crippen LogP contribution in [0.2, 0.25) is 0 Å². The topological polar surface area (TPSA) is 3.24 Å². The first-order valence-corrected chi connectivity index (χ1v) is 7.52. The second-order valence-electron chi connectivity index (χ2n) is 5.49. The van der Waals surface area contributed by atoms with Crippen LogP contribution in [0.5, 0.6) is 0 Å². The molecule has 1 unspecified atom stereocenters. The van der Waals surface area contributed by atoms with E-state index in [1.807, 2.05) is 0 Å². The summed E-state index contributed by atoms with van der Waals surface area (Å²) >= 11 is 0. The molecule has 3 rings (SSSR count). The molecule has 0 fully saturated rings. The first-order valence-electron chi connectivity index (χ1n) is 7.52. The molecule has 1 aromatic carbocycles. The zero-order valence-corrected chi connectivity index (χ0v) is 15.4. The van der Waals surface area contributed by atoms with E-state index in [2.05, 4.69) is 79.7 Å². The van der Waals surface area contributed by atoms with Crippen LogP contribution in [0.1, 0.15) is 42.9 Å². The van der Waals surface area contributed by atoms with Crippen molar-refractivity contribution in [1.82, 2.24) is 4.90 Å². The smallest absolute Gasteiger partial charge is 0.0535 e. The van der Waals surface area contributed by atoms with Gasteiger partial charge in [0.05, 0.1) is 6.04 Å². The Kier molecular flexibility index (Phi) is 8.52. The van der Waals surface area contributed by atoms with Gasteiger partial charge in [0.25, 0.3) is 0 Å². The zero-order valence-electron chi connectivity index (χ0n) is 13.0. The Morgan fingerprint density at radius 3 is 1.90 bits per heavy atom. The van der Waals surface area contributed by atoms with Crippen LogP contribution in [0, 0.1) is 0 Å². The van der Waals surface area contributed by atoms with E-state index in [0.29, 0.717) is 6.04 Å². The third kappa shape index (κ3) is 5.74. The summed E-state index contributed by atoms with van der Waals surface area (Å²) < 4.78 is 0. The molecule has 115 valence electrons. The second kappa shape index (κ2) is 9.89. The van der Waals surface area contributed by atoms with Gasteiger partial charge in [0.2, 0.25) is 0 Å². The number of hydrogen-bond donors (Lipinski definition) is 0. The van der Waals surface area contributed by atoms with Gasteiger partial charge in [-0.05, 0) is 50.9 Å². The largest absolute Gasteiger partial charge is 0.299 e. The Labute approximate surface area is 142 Å².